The predicted molar refractivity (Wildman–Crippen MR) is 89.7 cm³/mol. The molecule has 0 radical (unpaired) electrons. The Kier molecular flexibility index (Phi) is 4.24. The number of nitrogens with one attached hydrogen (secondary N) is 1. The van der Waals surface area contributed by atoms with Crippen molar-refractivity contribution in [2.45, 2.75) is 6.54 Å². The molecule has 0 fully saturated rings. The molecule has 3 rings (SSSR count). The maximum Gasteiger partial charge on any atom is 0.258 e. The van der Waals surface area contributed by atoms with Gasteiger partial charge in [0.1, 0.15) is 0 Å². The summed E-state index contributed by atoms with van der Waals surface area (Å²) in [6.45, 7) is 0.391. The second-order valence-electron chi connectivity index (χ2n) is 4.47. The fourth-order valence-corrected chi connectivity index (χ4v) is 3.41. The van der Waals surface area contributed by atoms with Gasteiger partial charge in [-0.15, -0.1) is 11.3 Å². The van der Waals surface area contributed by atoms with Crippen LogP contribution in [0.1, 0.15) is 5.69 Å². The van der Waals surface area contributed by atoms with Crippen molar-refractivity contribution in [2.75, 3.05) is 12.4 Å². The van der Waals surface area contributed by atoms with Gasteiger partial charge < -0.3 is 10.1 Å². The summed E-state index contributed by atoms with van der Waals surface area (Å²) < 4.78 is 6.61. The molecule has 0 atom stereocenters. The van der Waals surface area contributed by atoms with Crippen LogP contribution in [0.25, 0.3) is 4.96 Å². The van der Waals surface area contributed by atoms with Gasteiger partial charge in [0.15, 0.2) is 10.7 Å². The summed E-state index contributed by atoms with van der Waals surface area (Å²) in [6, 6.07) is 4.92. The van der Waals surface area contributed by atoms with E-state index in [2.05, 4.69) is 10.3 Å². The van der Waals surface area contributed by atoms with Crippen molar-refractivity contribution in [3.05, 3.63) is 55.9 Å². The molecule has 0 saturated carbocycles. The summed E-state index contributed by atoms with van der Waals surface area (Å²) in [6.07, 6.45) is 1.70. The van der Waals surface area contributed by atoms with Crippen LogP contribution in [0, 0.1) is 0 Å². The minimum atomic E-state index is -0.103. The number of rotatable bonds is 4. The van der Waals surface area contributed by atoms with Crippen LogP contribution in [0.3, 0.4) is 0 Å². The molecule has 0 aliphatic carbocycles. The van der Waals surface area contributed by atoms with Crippen molar-refractivity contribution in [1.29, 1.82) is 0 Å². The van der Waals surface area contributed by atoms with Crippen molar-refractivity contribution in [1.82, 2.24) is 9.38 Å². The number of benzene rings is 1. The molecule has 0 aliphatic rings. The Morgan fingerprint density at radius 2 is 2.05 bits per heavy atom. The van der Waals surface area contributed by atoms with E-state index in [1.165, 1.54) is 28.9 Å². The van der Waals surface area contributed by atoms with Gasteiger partial charge in [0.2, 0.25) is 0 Å². The van der Waals surface area contributed by atoms with E-state index in [0.717, 1.165) is 5.69 Å². The van der Waals surface area contributed by atoms with E-state index in [1.54, 1.807) is 18.3 Å². The Hall–Kier alpha value is -1.76. The number of methoxy groups -OCH3 is 1. The summed E-state index contributed by atoms with van der Waals surface area (Å²) in [7, 11) is 1.51. The molecule has 1 aromatic carbocycles. The van der Waals surface area contributed by atoms with Crippen molar-refractivity contribution in [3.63, 3.8) is 0 Å². The molecule has 8 heteroatoms. The minimum absolute atomic E-state index is 0.103. The largest absolute Gasteiger partial charge is 0.494 e. The Morgan fingerprint density at radius 3 is 2.73 bits per heavy atom. The van der Waals surface area contributed by atoms with Crippen LogP contribution >= 0.6 is 34.5 Å². The lowest BCUT2D eigenvalue weighted by Gasteiger charge is -2.10. The number of hydrogen-bond donors (Lipinski definition) is 1. The molecule has 2 heterocycles. The fraction of sp³-hybridized carbons (Fsp3) is 0.143. The second-order valence-corrected chi connectivity index (χ2v) is 6.16. The predicted octanol–water partition coefficient (Wildman–Crippen LogP) is 3.68. The summed E-state index contributed by atoms with van der Waals surface area (Å²) in [5.74, 6) is 0.435. The lowest BCUT2D eigenvalue weighted by molar-refractivity contribution is 0.415. The van der Waals surface area contributed by atoms with Gasteiger partial charge in [-0.3, -0.25) is 9.20 Å². The molecular formula is C14H11Cl2N3O2S. The average Bonchev–Trinajstić information content (AvgIpc) is 2.94. The molecule has 0 spiro atoms. The third kappa shape index (κ3) is 2.90. The molecule has 114 valence electrons. The van der Waals surface area contributed by atoms with Crippen LogP contribution in [-0.2, 0) is 6.54 Å². The first-order chi connectivity index (χ1) is 10.6. The summed E-state index contributed by atoms with van der Waals surface area (Å²) in [5.41, 5.74) is 1.27. The van der Waals surface area contributed by atoms with E-state index in [9.17, 15) is 4.79 Å². The van der Waals surface area contributed by atoms with Crippen LogP contribution in [0.4, 0.5) is 5.69 Å². The maximum absolute atomic E-state index is 11.9. The van der Waals surface area contributed by atoms with Gasteiger partial charge in [-0.25, -0.2) is 4.98 Å². The zero-order valence-corrected chi connectivity index (χ0v) is 13.8. The first-order valence-electron chi connectivity index (χ1n) is 6.31. The van der Waals surface area contributed by atoms with Crippen LogP contribution in [-0.4, -0.2) is 16.5 Å². The van der Waals surface area contributed by atoms with E-state index in [-0.39, 0.29) is 5.56 Å². The Balaban J connectivity index is 1.83. The highest BCUT2D eigenvalue weighted by Gasteiger charge is 2.09. The van der Waals surface area contributed by atoms with Crippen LogP contribution in [0.5, 0.6) is 5.75 Å². The highest BCUT2D eigenvalue weighted by molar-refractivity contribution is 7.15. The number of ether oxygens (including phenoxy) is 1. The van der Waals surface area contributed by atoms with Crippen LogP contribution in [0.15, 0.2) is 34.6 Å². The molecule has 1 N–H and O–H groups in total. The maximum atomic E-state index is 11.9. The number of aromatic nitrogens is 2. The zero-order valence-electron chi connectivity index (χ0n) is 11.5. The number of nitrogens with zero attached hydrogens (tertiary/aromatic N) is 2. The summed E-state index contributed by atoms with van der Waals surface area (Å²) in [5, 5.41) is 5.80. The molecule has 2 aromatic heterocycles. The number of hydrogen-bond acceptors (Lipinski definition) is 5. The highest BCUT2D eigenvalue weighted by Crippen LogP contribution is 2.35. The number of thiazole rings is 1. The van der Waals surface area contributed by atoms with Crippen molar-refractivity contribution >= 4 is 45.2 Å². The second kappa shape index (κ2) is 6.16. The first kappa shape index (κ1) is 15.1. The van der Waals surface area contributed by atoms with E-state index in [0.29, 0.717) is 33.0 Å². The molecule has 0 bridgehead atoms. The molecule has 5 nitrogen and oxygen atoms in total. The quantitative estimate of drug-likeness (QED) is 0.775. The highest BCUT2D eigenvalue weighted by atomic mass is 35.5. The SMILES string of the molecule is COc1c(Cl)cc(NCc2cc(=O)n3ccsc3n2)cc1Cl. The third-order valence-corrected chi connectivity index (χ3v) is 4.35. The normalized spacial score (nSPS) is 10.9. The molecule has 22 heavy (non-hydrogen) atoms. The first-order valence-corrected chi connectivity index (χ1v) is 7.94. The lowest BCUT2D eigenvalue weighted by atomic mass is 10.3. The molecule has 3 aromatic rings. The summed E-state index contributed by atoms with van der Waals surface area (Å²) in [4.78, 5) is 17.0. The molecule has 0 unspecified atom stereocenters. The van der Waals surface area contributed by atoms with Gasteiger partial charge in [0, 0.05) is 23.3 Å². The molecule has 0 aliphatic heterocycles. The van der Waals surface area contributed by atoms with E-state index < -0.39 is 0 Å². The number of anilines is 1. The van der Waals surface area contributed by atoms with E-state index in [1.807, 2.05) is 5.38 Å². The summed E-state index contributed by atoms with van der Waals surface area (Å²) >= 11 is 13.6. The van der Waals surface area contributed by atoms with Crippen LogP contribution in [0.2, 0.25) is 10.0 Å². The van der Waals surface area contributed by atoms with E-state index >= 15 is 0 Å². The van der Waals surface area contributed by atoms with Gasteiger partial charge >= 0.3 is 0 Å². The third-order valence-electron chi connectivity index (χ3n) is 3.03. The average molecular weight is 356 g/mol. The number of halogens is 2. The minimum Gasteiger partial charge on any atom is -0.494 e. The van der Waals surface area contributed by atoms with Gasteiger partial charge in [0.25, 0.3) is 5.56 Å². The van der Waals surface area contributed by atoms with E-state index in [4.69, 9.17) is 27.9 Å². The monoisotopic (exact) mass is 355 g/mol. The smallest absolute Gasteiger partial charge is 0.258 e. The van der Waals surface area contributed by atoms with Gasteiger partial charge in [0.05, 0.1) is 29.4 Å². The Bertz CT molecular complexity index is 868. The van der Waals surface area contributed by atoms with Gasteiger partial charge in [-0.05, 0) is 12.1 Å². The van der Waals surface area contributed by atoms with Crippen molar-refractivity contribution < 1.29 is 4.74 Å². The van der Waals surface area contributed by atoms with Crippen LogP contribution < -0.4 is 15.6 Å². The fourth-order valence-electron chi connectivity index (χ4n) is 2.03. The Labute approximate surface area is 140 Å². The standard InChI is InChI=1S/C14H11Cl2N3O2S/c1-21-13-10(15)4-8(5-11(13)16)17-7-9-6-12(20)19-2-3-22-14(19)18-9/h2-6,17H,7H2,1H3. The molecule has 0 saturated heterocycles. The Morgan fingerprint density at radius 1 is 1.32 bits per heavy atom. The van der Waals surface area contributed by atoms with Crippen molar-refractivity contribution in [3.8, 4) is 5.75 Å². The van der Waals surface area contributed by atoms with Gasteiger partial charge in [-0.1, -0.05) is 23.2 Å². The zero-order chi connectivity index (χ0) is 15.7. The topological polar surface area (TPSA) is 55.6 Å². The van der Waals surface area contributed by atoms with Crippen molar-refractivity contribution in [2.24, 2.45) is 0 Å². The lowest BCUT2D eigenvalue weighted by Crippen LogP contribution is -2.14. The molecule has 0 amide bonds. The number of fused-ring (bicyclic) bond motifs is 1. The van der Waals surface area contributed by atoms with Gasteiger partial charge in [-0.2, -0.15) is 0 Å². The molecular weight excluding hydrogens is 345 g/mol.